The minimum absolute atomic E-state index is 0.0527. The van der Waals surface area contributed by atoms with Gasteiger partial charge in [-0.2, -0.15) is 5.10 Å². The topological polar surface area (TPSA) is 89.0 Å². The summed E-state index contributed by atoms with van der Waals surface area (Å²) >= 11 is 0. The highest BCUT2D eigenvalue weighted by Crippen LogP contribution is 2.24. The van der Waals surface area contributed by atoms with Gasteiger partial charge in [0.05, 0.1) is 26.2 Å². The van der Waals surface area contributed by atoms with Crippen molar-refractivity contribution in [2.75, 3.05) is 14.2 Å². The zero-order chi connectivity index (χ0) is 20.4. The van der Waals surface area contributed by atoms with E-state index in [4.69, 9.17) is 9.47 Å². The van der Waals surface area contributed by atoms with E-state index in [1.807, 2.05) is 0 Å². The Kier molecular flexibility index (Phi) is 8.78. The van der Waals surface area contributed by atoms with E-state index in [1.165, 1.54) is 26.4 Å². The summed E-state index contributed by atoms with van der Waals surface area (Å²) in [6.45, 7) is 1.73. The standard InChI is InChI=1S/C21H31N3O4/c1-15(13-20(25)22-16-9-7-5-4-6-8-10-16)23-24-21(26)18-12-11-17(27-2)14-19(18)28-3/h11-12,14,16H,4-10,13H2,1-3H3,(H,22,25)(H,24,26)/b23-15+. The van der Waals surface area contributed by atoms with Crippen molar-refractivity contribution in [3.05, 3.63) is 23.8 Å². The molecule has 7 heteroatoms. The van der Waals surface area contributed by atoms with Crippen LogP contribution in [-0.4, -0.2) is 37.8 Å². The molecule has 28 heavy (non-hydrogen) atoms. The number of amides is 2. The van der Waals surface area contributed by atoms with Gasteiger partial charge in [0.2, 0.25) is 5.91 Å². The third-order valence-electron chi connectivity index (χ3n) is 4.89. The van der Waals surface area contributed by atoms with Gasteiger partial charge >= 0.3 is 0 Å². The van der Waals surface area contributed by atoms with Crippen LogP contribution in [0.5, 0.6) is 11.5 Å². The lowest BCUT2D eigenvalue weighted by Gasteiger charge is -2.21. The van der Waals surface area contributed by atoms with Crippen LogP contribution < -0.4 is 20.2 Å². The molecule has 0 radical (unpaired) electrons. The second-order valence-corrected chi connectivity index (χ2v) is 7.14. The maximum absolute atomic E-state index is 12.4. The highest BCUT2D eigenvalue weighted by atomic mass is 16.5. The van der Waals surface area contributed by atoms with E-state index in [-0.39, 0.29) is 18.4 Å². The molecule has 1 aromatic rings. The minimum Gasteiger partial charge on any atom is -0.497 e. The number of nitrogens with zero attached hydrogens (tertiary/aromatic N) is 1. The molecule has 2 N–H and O–H groups in total. The smallest absolute Gasteiger partial charge is 0.275 e. The molecule has 1 aliphatic rings. The van der Waals surface area contributed by atoms with Gasteiger partial charge in [-0.25, -0.2) is 5.43 Å². The quantitative estimate of drug-likeness (QED) is 0.552. The molecule has 1 saturated carbocycles. The van der Waals surface area contributed by atoms with Crippen molar-refractivity contribution in [3.8, 4) is 11.5 Å². The van der Waals surface area contributed by atoms with E-state index in [0.29, 0.717) is 22.8 Å². The van der Waals surface area contributed by atoms with E-state index in [9.17, 15) is 9.59 Å². The molecule has 2 amide bonds. The van der Waals surface area contributed by atoms with Crippen molar-refractivity contribution in [2.24, 2.45) is 5.10 Å². The normalized spacial score (nSPS) is 15.9. The van der Waals surface area contributed by atoms with Crippen LogP contribution >= 0.6 is 0 Å². The van der Waals surface area contributed by atoms with Crippen molar-refractivity contribution < 1.29 is 19.1 Å². The van der Waals surface area contributed by atoms with Crippen LogP contribution in [0.15, 0.2) is 23.3 Å². The summed E-state index contributed by atoms with van der Waals surface area (Å²) in [5, 5.41) is 7.16. The summed E-state index contributed by atoms with van der Waals surface area (Å²) in [5.41, 5.74) is 3.38. The Morgan fingerprint density at radius 2 is 1.75 bits per heavy atom. The van der Waals surface area contributed by atoms with E-state index >= 15 is 0 Å². The van der Waals surface area contributed by atoms with Gasteiger partial charge < -0.3 is 14.8 Å². The lowest BCUT2D eigenvalue weighted by Crippen LogP contribution is -2.36. The SMILES string of the molecule is COc1ccc(C(=O)N/N=C(\C)CC(=O)NC2CCCCCCC2)c(OC)c1. The third-order valence-corrected chi connectivity index (χ3v) is 4.89. The number of carbonyl (C=O) groups excluding carboxylic acids is 2. The molecule has 0 heterocycles. The molecule has 7 nitrogen and oxygen atoms in total. The van der Waals surface area contributed by atoms with Crippen molar-refractivity contribution in [1.29, 1.82) is 0 Å². The van der Waals surface area contributed by atoms with Crippen molar-refractivity contribution >= 4 is 17.5 Å². The predicted octanol–water partition coefficient (Wildman–Crippen LogP) is 3.43. The second-order valence-electron chi connectivity index (χ2n) is 7.14. The molecule has 0 unspecified atom stereocenters. The average molecular weight is 389 g/mol. The Labute approximate surface area is 166 Å². The van der Waals surface area contributed by atoms with Crippen LogP contribution in [0.25, 0.3) is 0 Å². The Morgan fingerprint density at radius 3 is 2.39 bits per heavy atom. The molecular weight excluding hydrogens is 358 g/mol. The molecule has 154 valence electrons. The van der Waals surface area contributed by atoms with Gasteiger partial charge in [-0.1, -0.05) is 32.1 Å². The number of ether oxygens (including phenoxy) is 2. The molecule has 0 spiro atoms. The first kappa shape index (κ1) is 21.7. The van der Waals surface area contributed by atoms with Crippen molar-refractivity contribution in [3.63, 3.8) is 0 Å². The number of methoxy groups -OCH3 is 2. The summed E-state index contributed by atoms with van der Waals surface area (Å²) in [6.07, 6.45) is 8.35. The summed E-state index contributed by atoms with van der Waals surface area (Å²) in [4.78, 5) is 24.6. The lowest BCUT2D eigenvalue weighted by atomic mass is 9.96. The first-order chi connectivity index (χ1) is 13.5. The second kappa shape index (κ2) is 11.3. The number of hydrogen-bond donors (Lipinski definition) is 2. The molecule has 0 aromatic heterocycles. The Balaban J connectivity index is 1.87. The zero-order valence-corrected chi connectivity index (χ0v) is 17.0. The van der Waals surface area contributed by atoms with Crippen LogP contribution in [0.1, 0.15) is 68.6 Å². The molecule has 1 aromatic carbocycles. The molecule has 0 atom stereocenters. The molecule has 1 fully saturated rings. The Hall–Kier alpha value is -2.57. The van der Waals surface area contributed by atoms with E-state index < -0.39 is 5.91 Å². The molecule has 0 bridgehead atoms. The summed E-state index contributed by atoms with van der Waals surface area (Å²) < 4.78 is 10.4. The highest BCUT2D eigenvalue weighted by Gasteiger charge is 2.16. The zero-order valence-electron chi connectivity index (χ0n) is 17.0. The number of hydrazone groups is 1. The molecular formula is C21H31N3O4. The van der Waals surface area contributed by atoms with E-state index in [1.54, 1.807) is 32.2 Å². The highest BCUT2D eigenvalue weighted by molar-refractivity contribution is 6.01. The molecule has 0 saturated heterocycles. The fraction of sp³-hybridized carbons (Fsp3) is 0.571. The summed E-state index contributed by atoms with van der Waals surface area (Å²) in [6, 6.07) is 5.17. The van der Waals surface area contributed by atoms with Crippen LogP contribution in [0.2, 0.25) is 0 Å². The van der Waals surface area contributed by atoms with E-state index in [0.717, 1.165) is 25.7 Å². The van der Waals surface area contributed by atoms with Gasteiger partial charge in [0, 0.05) is 17.8 Å². The number of nitrogens with one attached hydrogen (secondary N) is 2. The molecule has 1 aliphatic carbocycles. The van der Waals surface area contributed by atoms with Gasteiger partial charge in [0.1, 0.15) is 11.5 Å². The summed E-state index contributed by atoms with van der Waals surface area (Å²) in [7, 11) is 3.03. The number of carbonyl (C=O) groups is 2. The monoisotopic (exact) mass is 389 g/mol. The Morgan fingerprint density at radius 1 is 1.07 bits per heavy atom. The largest absolute Gasteiger partial charge is 0.497 e. The van der Waals surface area contributed by atoms with Crippen molar-refractivity contribution in [2.45, 2.75) is 64.3 Å². The Bertz CT molecular complexity index is 695. The maximum atomic E-state index is 12.4. The molecule has 0 aliphatic heterocycles. The predicted molar refractivity (Wildman–Crippen MR) is 109 cm³/mol. The van der Waals surface area contributed by atoms with Gasteiger partial charge in [-0.05, 0) is 31.9 Å². The minimum atomic E-state index is -0.403. The first-order valence-corrected chi connectivity index (χ1v) is 9.88. The molecule has 2 rings (SSSR count). The fourth-order valence-electron chi connectivity index (χ4n) is 3.34. The van der Waals surface area contributed by atoms with Gasteiger partial charge in [-0.3, -0.25) is 9.59 Å². The lowest BCUT2D eigenvalue weighted by molar-refractivity contribution is -0.120. The first-order valence-electron chi connectivity index (χ1n) is 9.88. The van der Waals surface area contributed by atoms with Gasteiger partial charge in [0.25, 0.3) is 5.91 Å². The third kappa shape index (κ3) is 6.87. The number of benzene rings is 1. The van der Waals surface area contributed by atoms with Crippen LogP contribution in [0, 0.1) is 0 Å². The van der Waals surface area contributed by atoms with Crippen LogP contribution in [0.4, 0.5) is 0 Å². The maximum Gasteiger partial charge on any atom is 0.275 e. The van der Waals surface area contributed by atoms with Crippen LogP contribution in [-0.2, 0) is 4.79 Å². The van der Waals surface area contributed by atoms with Crippen LogP contribution in [0.3, 0.4) is 0 Å². The average Bonchev–Trinajstić information content (AvgIpc) is 2.67. The van der Waals surface area contributed by atoms with Crippen molar-refractivity contribution in [1.82, 2.24) is 10.7 Å². The van der Waals surface area contributed by atoms with E-state index in [2.05, 4.69) is 15.8 Å². The fourth-order valence-corrected chi connectivity index (χ4v) is 3.34. The van der Waals surface area contributed by atoms with Gasteiger partial charge in [-0.15, -0.1) is 0 Å². The number of hydrogen-bond acceptors (Lipinski definition) is 5. The number of rotatable bonds is 7. The van der Waals surface area contributed by atoms with Gasteiger partial charge in [0.15, 0.2) is 0 Å². The summed E-state index contributed by atoms with van der Waals surface area (Å²) in [5.74, 6) is 0.535.